The summed E-state index contributed by atoms with van der Waals surface area (Å²) in [5.41, 5.74) is 5.08. The molecule has 0 spiro atoms. The third-order valence-electron chi connectivity index (χ3n) is 2.54. The van der Waals surface area contributed by atoms with E-state index in [2.05, 4.69) is 5.29 Å². The van der Waals surface area contributed by atoms with Crippen molar-refractivity contribution in [2.45, 2.75) is 13.0 Å². The van der Waals surface area contributed by atoms with Gasteiger partial charge in [0, 0.05) is 9.58 Å². The van der Waals surface area contributed by atoms with E-state index in [-0.39, 0.29) is 0 Å². The largest absolute Gasteiger partial charge is 0.350 e. The van der Waals surface area contributed by atoms with Crippen molar-refractivity contribution < 1.29 is 4.79 Å². The molecule has 88 valence electrons. The number of carbonyl (C=O) groups is 1. The van der Waals surface area contributed by atoms with Gasteiger partial charge in [0.2, 0.25) is 0 Å². The summed E-state index contributed by atoms with van der Waals surface area (Å²) in [4.78, 5) is 22.5. The predicted octanol–water partition coefficient (Wildman–Crippen LogP) is 3.02. The molecule has 6 heteroatoms. The lowest BCUT2D eigenvalue weighted by atomic mass is 10.2. The van der Waals surface area contributed by atoms with Crippen LogP contribution in [0.4, 0.5) is 4.79 Å². The fraction of sp³-hybridized carbons (Fsp3) is 0.182. The number of hydrogen-bond acceptors (Lipinski definition) is 4. The molecule has 2 amide bonds. The van der Waals surface area contributed by atoms with Gasteiger partial charge in [0.15, 0.2) is 0 Å². The topological polar surface area (TPSA) is 75.8 Å². The standard InChI is InChI=1S/C11H11N3O2S/c1-7(14(13-16)11(12)15)10-6-8-4-2-3-5-9(8)17-10/h2-7H,1H3,(H2,12,15). The summed E-state index contributed by atoms with van der Waals surface area (Å²) in [7, 11) is 0. The van der Waals surface area contributed by atoms with Crippen molar-refractivity contribution in [3.05, 3.63) is 40.1 Å². The van der Waals surface area contributed by atoms with Crippen molar-refractivity contribution >= 4 is 27.5 Å². The monoisotopic (exact) mass is 249 g/mol. The lowest BCUT2D eigenvalue weighted by molar-refractivity contribution is 0.192. The van der Waals surface area contributed by atoms with Crippen molar-refractivity contribution in [2.24, 2.45) is 11.0 Å². The number of fused-ring (bicyclic) bond motifs is 1. The van der Waals surface area contributed by atoms with Gasteiger partial charge in [-0.05, 0) is 24.4 Å². The van der Waals surface area contributed by atoms with Gasteiger partial charge in [0.1, 0.15) is 0 Å². The summed E-state index contributed by atoms with van der Waals surface area (Å²) in [5, 5.41) is 4.47. The zero-order valence-electron chi connectivity index (χ0n) is 9.16. The quantitative estimate of drug-likeness (QED) is 0.670. The van der Waals surface area contributed by atoms with E-state index in [0.717, 1.165) is 20.0 Å². The molecule has 5 nitrogen and oxygen atoms in total. The first kappa shape index (κ1) is 11.5. The van der Waals surface area contributed by atoms with Crippen LogP contribution in [-0.4, -0.2) is 11.0 Å². The van der Waals surface area contributed by atoms with Crippen molar-refractivity contribution in [2.75, 3.05) is 0 Å². The Hall–Kier alpha value is -1.95. The molecule has 1 aromatic carbocycles. The average Bonchev–Trinajstić information content (AvgIpc) is 2.72. The Morgan fingerprint density at radius 2 is 2.18 bits per heavy atom. The Morgan fingerprint density at radius 1 is 1.47 bits per heavy atom. The predicted molar refractivity (Wildman–Crippen MR) is 67.5 cm³/mol. The lowest BCUT2D eigenvalue weighted by Gasteiger charge is -2.17. The Labute approximate surface area is 102 Å². The molecule has 0 fully saturated rings. The average molecular weight is 249 g/mol. The van der Waals surface area contributed by atoms with E-state index >= 15 is 0 Å². The fourth-order valence-electron chi connectivity index (χ4n) is 1.63. The normalized spacial score (nSPS) is 12.3. The van der Waals surface area contributed by atoms with Gasteiger partial charge in [-0.25, -0.2) is 4.79 Å². The molecule has 1 atom stereocenters. The first-order valence-electron chi connectivity index (χ1n) is 5.04. The zero-order valence-corrected chi connectivity index (χ0v) is 9.98. The molecule has 0 bridgehead atoms. The van der Waals surface area contributed by atoms with Gasteiger partial charge in [0.25, 0.3) is 0 Å². The fourth-order valence-corrected chi connectivity index (χ4v) is 2.73. The lowest BCUT2D eigenvalue weighted by Crippen LogP contribution is -2.32. The van der Waals surface area contributed by atoms with Crippen molar-refractivity contribution in [1.29, 1.82) is 0 Å². The molecule has 17 heavy (non-hydrogen) atoms. The van der Waals surface area contributed by atoms with E-state index in [9.17, 15) is 9.70 Å². The number of hydrogen-bond donors (Lipinski definition) is 1. The maximum absolute atomic E-state index is 11.0. The SMILES string of the molecule is CC(c1cc2ccccc2s1)N(N=O)C(N)=O. The second-order valence-corrected chi connectivity index (χ2v) is 4.74. The number of nitroso groups, excluding NO2 is 1. The van der Waals surface area contributed by atoms with E-state index in [0.29, 0.717) is 0 Å². The first-order valence-corrected chi connectivity index (χ1v) is 5.85. The molecule has 2 N–H and O–H groups in total. The number of nitrogens with two attached hydrogens (primary N) is 1. The van der Waals surface area contributed by atoms with Crippen LogP contribution < -0.4 is 5.73 Å². The third kappa shape index (κ3) is 2.12. The van der Waals surface area contributed by atoms with Gasteiger partial charge in [-0.3, -0.25) is 0 Å². The molecule has 2 rings (SSSR count). The molecule has 0 aliphatic carbocycles. The van der Waals surface area contributed by atoms with E-state index in [1.165, 1.54) is 11.3 Å². The number of carbonyl (C=O) groups excluding carboxylic acids is 1. The van der Waals surface area contributed by atoms with Gasteiger partial charge in [-0.15, -0.1) is 16.2 Å². The highest BCUT2D eigenvalue weighted by Crippen LogP contribution is 2.32. The van der Waals surface area contributed by atoms with Gasteiger partial charge >= 0.3 is 6.03 Å². The Kier molecular flexibility index (Phi) is 3.06. The van der Waals surface area contributed by atoms with E-state index in [1.54, 1.807) is 6.92 Å². The van der Waals surface area contributed by atoms with Crippen LogP contribution in [0.25, 0.3) is 10.1 Å². The molecule has 0 saturated heterocycles. The molecule has 0 saturated carbocycles. The van der Waals surface area contributed by atoms with Crippen LogP contribution in [0.15, 0.2) is 35.6 Å². The van der Waals surface area contributed by atoms with E-state index in [1.807, 2.05) is 30.3 Å². The molecular formula is C11H11N3O2S. The molecular weight excluding hydrogens is 238 g/mol. The molecule has 0 radical (unpaired) electrons. The second kappa shape index (κ2) is 4.50. The summed E-state index contributed by atoms with van der Waals surface area (Å²) >= 11 is 1.52. The number of rotatable bonds is 3. The van der Waals surface area contributed by atoms with Crippen LogP contribution in [0.5, 0.6) is 0 Å². The number of amides is 2. The molecule has 0 aliphatic rings. The smallest absolute Gasteiger partial charge is 0.338 e. The Morgan fingerprint density at radius 3 is 2.76 bits per heavy atom. The number of urea groups is 1. The van der Waals surface area contributed by atoms with Gasteiger partial charge in [-0.2, -0.15) is 5.01 Å². The van der Waals surface area contributed by atoms with Crippen LogP contribution in [0, 0.1) is 4.91 Å². The summed E-state index contributed by atoms with van der Waals surface area (Å²) in [6, 6.07) is 8.49. The number of thiophene rings is 1. The molecule has 0 aliphatic heterocycles. The van der Waals surface area contributed by atoms with Crippen molar-refractivity contribution in [1.82, 2.24) is 5.01 Å². The number of nitrogens with zero attached hydrogens (tertiary/aromatic N) is 2. The van der Waals surface area contributed by atoms with Gasteiger partial charge < -0.3 is 5.73 Å². The van der Waals surface area contributed by atoms with Crippen LogP contribution in [0.2, 0.25) is 0 Å². The number of benzene rings is 1. The maximum Gasteiger partial charge on any atom is 0.338 e. The summed E-state index contributed by atoms with van der Waals surface area (Å²) < 4.78 is 1.10. The maximum atomic E-state index is 11.0. The molecule has 1 aromatic heterocycles. The summed E-state index contributed by atoms with van der Waals surface area (Å²) in [6.45, 7) is 1.72. The third-order valence-corrected chi connectivity index (χ3v) is 3.82. The number of primary amides is 1. The van der Waals surface area contributed by atoms with Crippen LogP contribution >= 0.6 is 11.3 Å². The zero-order chi connectivity index (χ0) is 12.4. The Bertz CT molecular complexity index is 534. The van der Waals surface area contributed by atoms with Crippen LogP contribution in [0.1, 0.15) is 17.8 Å². The minimum absolute atomic E-state index is 0.442. The Balaban J connectivity index is 2.39. The summed E-state index contributed by atoms with van der Waals surface area (Å²) in [6.07, 6.45) is 0. The van der Waals surface area contributed by atoms with E-state index in [4.69, 9.17) is 5.73 Å². The highest BCUT2D eigenvalue weighted by molar-refractivity contribution is 7.19. The second-order valence-electron chi connectivity index (χ2n) is 3.63. The minimum atomic E-state index is -0.843. The highest BCUT2D eigenvalue weighted by atomic mass is 32.1. The van der Waals surface area contributed by atoms with Gasteiger partial charge in [0.05, 0.1) is 11.3 Å². The summed E-state index contributed by atoms with van der Waals surface area (Å²) in [5.74, 6) is 0. The first-order chi connectivity index (χ1) is 8.13. The van der Waals surface area contributed by atoms with Gasteiger partial charge in [-0.1, -0.05) is 18.2 Å². The van der Waals surface area contributed by atoms with Crippen LogP contribution in [0.3, 0.4) is 0 Å². The molecule has 2 aromatic rings. The highest BCUT2D eigenvalue weighted by Gasteiger charge is 2.21. The van der Waals surface area contributed by atoms with E-state index < -0.39 is 12.1 Å². The minimum Gasteiger partial charge on any atom is -0.350 e. The van der Waals surface area contributed by atoms with Crippen molar-refractivity contribution in [3.63, 3.8) is 0 Å². The van der Waals surface area contributed by atoms with Crippen molar-refractivity contribution in [3.8, 4) is 0 Å². The molecule has 1 heterocycles. The molecule has 1 unspecified atom stereocenters. The van der Waals surface area contributed by atoms with Crippen LogP contribution in [-0.2, 0) is 0 Å².